The Bertz CT molecular complexity index is 405. The van der Waals surface area contributed by atoms with Gasteiger partial charge in [-0.3, -0.25) is 4.99 Å². The number of nitrogens with one attached hydrogen (secondary N) is 2. The molecule has 0 aromatic heterocycles. The van der Waals surface area contributed by atoms with Gasteiger partial charge in [-0.2, -0.15) is 0 Å². The summed E-state index contributed by atoms with van der Waals surface area (Å²) in [5.41, 5.74) is 0. The molecule has 5 nitrogen and oxygen atoms in total. The van der Waals surface area contributed by atoms with Crippen LogP contribution in [0.15, 0.2) is 4.99 Å². The number of rotatable bonds is 9. The predicted octanol–water partition coefficient (Wildman–Crippen LogP) is 2.77. The van der Waals surface area contributed by atoms with Crippen molar-refractivity contribution in [1.29, 1.82) is 0 Å². The minimum Gasteiger partial charge on any atom is -0.378 e. The van der Waals surface area contributed by atoms with Gasteiger partial charge in [0.2, 0.25) is 0 Å². The topological polar surface area (TPSA) is 48.9 Å². The molecule has 1 aliphatic heterocycles. The highest BCUT2D eigenvalue weighted by Crippen LogP contribution is 2.31. The Morgan fingerprint density at radius 3 is 2.68 bits per heavy atom. The van der Waals surface area contributed by atoms with Crippen LogP contribution in [0.2, 0.25) is 0 Å². The molecule has 3 rings (SSSR count). The number of likely N-dealkylation sites (tertiary alicyclic amines) is 1. The number of ether oxygens (including phenoxy) is 1. The van der Waals surface area contributed by atoms with Crippen molar-refractivity contribution in [2.75, 3.05) is 39.3 Å². The maximum atomic E-state index is 6.00. The molecule has 25 heavy (non-hydrogen) atoms. The van der Waals surface area contributed by atoms with Crippen LogP contribution in [0.4, 0.5) is 0 Å². The maximum Gasteiger partial charge on any atom is 0.191 e. The molecule has 2 aliphatic carbocycles. The van der Waals surface area contributed by atoms with Gasteiger partial charge >= 0.3 is 0 Å². The zero-order valence-electron chi connectivity index (χ0n) is 16.1. The van der Waals surface area contributed by atoms with Gasteiger partial charge in [0.1, 0.15) is 0 Å². The van der Waals surface area contributed by atoms with Crippen molar-refractivity contribution in [2.45, 2.75) is 76.9 Å². The molecule has 144 valence electrons. The first kappa shape index (κ1) is 19.0. The fourth-order valence-corrected chi connectivity index (χ4v) is 4.11. The molecule has 0 amide bonds. The number of aliphatic imine (C=N–C) groups is 1. The van der Waals surface area contributed by atoms with Crippen LogP contribution in [0, 0.1) is 5.92 Å². The highest BCUT2D eigenvalue weighted by atomic mass is 16.5. The molecule has 0 aromatic carbocycles. The van der Waals surface area contributed by atoms with E-state index >= 15 is 0 Å². The summed E-state index contributed by atoms with van der Waals surface area (Å²) in [5, 5.41) is 6.85. The average Bonchev–Trinajstić information content (AvgIpc) is 3.38. The lowest BCUT2D eigenvalue weighted by Gasteiger charge is -2.22. The molecule has 1 atom stereocenters. The van der Waals surface area contributed by atoms with E-state index in [2.05, 4.69) is 22.5 Å². The largest absolute Gasteiger partial charge is 0.378 e. The lowest BCUT2D eigenvalue weighted by Crippen LogP contribution is -2.38. The second kappa shape index (κ2) is 10.4. The lowest BCUT2D eigenvalue weighted by molar-refractivity contribution is 0.0277. The molecule has 0 radical (unpaired) electrons. The Labute approximate surface area is 154 Å². The van der Waals surface area contributed by atoms with E-state index in [9.17, 15) is 0 Å². The maximum absolute atomic E-state index is 6.00. The molecule has 0 spiro atoms. The number of hydrogen-bond donors (Lipinski definition) is 2. The van der Waals surface area contributed by atoms with Crippen molar-refractivity contribution in [1.82, 2.24) is 15.5 Å². The van der Waals surface area contributed by atoms with Crippen molar-refractivity contribution in [3.05, 3.63) is 0 Å². The van der Waals surface area contributed by atoms with E-state index in [4.69, 9.17) is 9.73 Å². The van der Waals surface area contributed by atoms with Gasteiger partial charge < -0.3 is 20.3 Å². The third kappa shape index (κ3) is 6.78. The summed E-state index contributed by atoms with van der Waals surface area (Å²) in [4.78, 5) is 7.49. The summed E-state index contributed by atoms with van der Waals surface area (Å²) in [5.74, 6) is 1.72. The number of guanidine groups is 1. The number of hydrogen-bond acceptors (Lipinski definition) is 3. The lowest BCUT2D eigenvalue weighted by atomic mass is 9.98. The van der Waals surface area contributed by atoms with Gasteiger partial charge in [-0.25, -0.2) is 0 Å². The van der Waals surface area contributed by atoms with E-state index in [1.54, 1.807) is 0 Å². The Balaban J connectivity index is 1.28. The van der Waals surface area contributed by atoms with Crippen LogP contribution in [0.1, 0.15) is 64.7 Å². The monoisotopic (exact) mass is 350 g/mol. The summed E-state index contributed by atoms with van der Waals surface area (Å²) in [6, 6.07) is 0.907. The molecular weight excluding hydrogens is 312 g/mol. The Kier molecular flexibility index (Phi) is 7.86. The summed E-state index contributed by atoms with van der Waals surface area (Å²) in [7, 11) is 0. The second-order valence-corrected chi connectivity index (χ2v) is 8.01. The first-order valence-electron chi connectivity index (χ1n) is 10.7. The van der Waals surface area contributed by atoms with Crippen LogP contribution in [0.3, 0.4) is 0 Å². The normalized spacial score (nSPS) is 26.1. The van der Waals surface area contributed by atoms with Crippen LogP contribution in [0.25, 0.3) is 0 Å². The highest BCUT2D eigenvalue weighted by Gasteiger charge is 2.34. The summed E-state index contributed by atoms with van der Waals surface area (Å²) in [6.07, 6.45) is 12.3. The Morgan fingerprint density at radius 1 is 1.08 bits per heavy atom. The van der Waals surface area contributed by atoms with Crippen LogP contribution >= 0.6 is 0 Å². The van der Waals surface area contributed by atoms with E-state index in [0.29, 0.717) is 6.10 Å². The summed E-state index contributed by atoms with van der Waals surface area (Å²) in [6.45, 7) is 8.36. The van der Waals surface area contributed by atoms with Crippen molar-refractivity contribution in [2.24, 2.45) is 10.9 Å². The van der Waals surface area contributed by atoms with Gasteiger partial charge in [0.15, 0.2) is 5.96 Å². The molecule has 3 aliphatic rings. The molecule has 0 bridgehead atoms. The predicted molar refractivity (Wildman–Crippen MR) is 104 cm³/mol. The summed E-state index contributed by atoms with van der Waals surface area (Å²) >= 11 is 0. The number of nitrogens with zero attached hydrogens (tertiary/aromatic N) is 2. The van der Waals surface area contributed by atoms with Crippen molar-refractivity contribution in [3.8, 4) is 0 Å². The first-order valence-corrected chi connectivity index (χ1v) is 10.7. The van der Waals surface area contributed by atoms with Crippen LogP contribution in [-0.2, 0) is 4.74 Å². The van der Waals surface area contributed by atoms with E-state index in [1.165, 1.54) is 64.5 Å². The first-order chi connectivity index (χ1) is 12.3. The standard InChI is InChI=1S/C20H38N4O/c1-2-21-20(22-12-6-14-25-19-7-4-3-5-8-19)23-15-17-11-13-24(16-17)18-9-10-18/h17-19H,2-16H2,1H3,(H2,21,22,23). The fraction of sp³-hybridized carbons (Fsp3) is 0.950. The summed E-state index contributed by atoms with van der Waals surface area (Å²) < 4.78 is 6.00. The third-order valence-corrected chi connectivity index (χ3v) is 5.75. The molecule has 2 N–H and O–H groups in total. The van der Waals surface area contributed by atoms with Gasteiger partial charge in [0.25, 0.3) is 0 Å². The average molecular weight is 351 g/mol. The van der Waals surface area contributed by atoms with Crippen molar-refractivity contribution >= 4 is 5.96 Å². The Hall–Kier alpha value is -0.810. The third-order valence-electron chi connectivity index (χ3n) is 5.75. The molecular formula is C20H38N4O. The molecule has 5 heteroatoms. The molecule has 3 fully saturated rings. The van der Waals surface area contributed by atoms with Gasteiger partial charge in [-0.05, 0) is 57.9 Å². The van der Waals surface area contributed by atoms with Crippen molar-refractivity contribution in [3.63, 3.8) is 0 Å². The molecule has 0 aromatic rings. The quantitative estimate of drug-likeness (QED) is 0.381. The van der Waals surface area contributed by atoms with E-state index < -0.39 is 0 Å². The van der Waals surface area contributed by atoms with Gasteiger partial charge in [0.05, 0.1) is 6.10 Å². The van der Waals surface area contributed by atoms with Crippen LogP contribution in [0.5, 0.6) is 0 Å². The molecule has 1 heterocycles. The van der Waals surface area contributed by atoms with Gasteiger partial charge in [-0.15, -0.1) is 0 Å². The van der Waals surface area contributed by atoms with Crippen LogP contribution < -0.4 is 10.6 Å². The van der Waals surface area contributed by atoms with E-state index in [-0.39, 0.29) is 0 Å². The molecule has 1 saturated heterocycles. The zero-order valence-corrected chi connectivity index (χ0v) is 16.1. The zero-order chi connectivity index (χ0) is 17.3. The van der Waals surface area contributed by atoms with Crippen LogP contribution in [-0.4, -0.2) is 62.3 Å². The van der Waals surface area contributed by atoms with Gasteiger partial charge in [-0.1, -0.05) is 19.3 Å². The van der Waals surface area contributed by atoms with Crippen molar-refractivity contribution < 1.29 is 4.74 Å². The van der Waals surface area contributed by atoms with E-state index in [1.807, 2.05) is 0 Å². The molecule has 2 saturated carbocycles. The second-order valence-electron chi connectivity index (χ2n) is 8.01. The fourth-order valence-electron chi connectivity index (χ4n) is 4.11. The smallest absolute Gasteiger partial charge is 0.191 e. The van der Waals surface area contributed by atoms with E-state index in [0.717, 1.165) is 50.6 Å². The molecule has 1 unspecified atom stereocenters. The SMILES string of the molecule is CCNC(=NCC1CCN(C2CC2)C1)NCCCOC1CCCCC1. The minimum absolute atomic E-state index is 0.521. The minimum atomic E-state index is 0.521. The highest BCUT2D eigenvalue weighted by molar-refractivity contribution is 5.79. The van der Waals surface area contributed by atoms with Gasteiger partial charge in [0, 0.05) is 38.8 Å². The Morgan fingerprint density at radius 2 is 1.92 bits per heavy atom.